The van der Waals surface area contributed by atoms with Gasteiger partial charge in [0.05, 0.1) is 0 Å². The lowest BCUT2D eigenvalue weighted by molar-refractivity contribution is -0.132. The fraction of sp³-hybridized carbons (Fsp3) is 0.350. The Balaban J connectivity index is 1.77. The number of rotatable bonds is 7. The maximum Gasteiger partial charge on any atom is 0.387 e. The average Bonchev–Trinajstić information content (AvgIpc) is 3.18. The van der Waals surface area contributed by atoms with Crippen LogP contribution in [0.1, 0.15) is 30.0 Å². The van der Waals surface area contributed by atoms with Gasteiger partial charge in [-0.25, -0.2) is 0 Å². The number of carbonyl (C=O) groups is 1. The maximum absolute atomic E-state index is 12.9. The number of nitrogens with one attached hydrogen (secondary N) is 1. The molecule has 4 nitrogen and oxygen atoms in total. The first-order valence-corrected chi connectivity index (χ1v) is 8.75. The van der Waals surface area contributed by atoms with Gasteiger partial charge in [-0.2, -0.15) is 8.78 Å². The summed E-state index contributed by atoms with van der Waals surface area (Å²) in [5, 5.41) is 3.23. The summed E-state index contributed by atoms with van der Waals surface area (Å²) in [6, 6.07) is 15.6. The number of carbonyl (C=O) groups excluding carboxylic acids is 1. The maximum atomic E-state index is 12.9. The molecular weight excluding hydrogens is 338 g/mol. The fourth-order valence-electron chi connectivity index (χ4n) is 3.19. The fourth-order valence-corrected chi connectivity index (χ4v) is 3.19. The van der Waals surface area contributed by atoms with Crippen LogP contribution < -0.4 is 10.1 Å². The van der Waals surface area contributed by atoms with Crippen LogP contribution in [-0.2, 0) is 11.3 Å². The summed E-state index contributed by atoms with van der Waals surface area (Å²) < 4.78 is 29.8. The largest absolute Gasteiger partial charge is 0.434 e. The van der Waals surface area contributed by atoms with E-state index in [2.05, 4.69) is 10.1 Å². The van der Waals surface area contributed by atoms with Crippen molar-refractivity contribution in [2.24, 2.45) is 0 Å². The smallest absolute Gasteiger partial charge is 0.387 e. The van der Waals surface area contributed by atoms with E-state index < -0.39 is 12.7 Å². The summed E-state index contributed by atoms with van der Waals surface area (Å²) >= 11 is 0. The van der Waals surface area contributed by atoms with Crippen molar-refractivity contribution in [3.63, 3.8) is 0 Å². The van der Waals surface area contributed by atoms with E-state index in [1.54, 1.807) is 18.2 Å². The van der Waals surface area contributed by atoms with Gasteiger partial charge in [-0.1, -0.05) is 48.5 Å². The van der Waals surface area contributed by atoms with E-state index in [9.17, 15) is 13.6 Å². The molecular formula is C20H22F2N2O2. The number of halogens is 2. The molecule has 138 valence electrons. The second kappa shape index (κ2) is 8.76. The van der Waals surface area contributed by atoms with E-state index in [-0.39, 0.29) is 18.2 Å². The number of likely N-dealkylation sites (tertiary alicyclic amines) is 1. The zero-order valence-corrected chi connectivity index (χ0v) is 14.4. The Labute approximate surface area is 151 Å². The molecule has 0 saturated carbocycles. The summed E-state index contributed by atoms with van der Waals surface area (Å²) in [6.45, 7) is -1.11. The van der Waals surface area contributed by atoms with Crippen molar-refractivity contribution in [3.05, 3.63) is 65.7 Å². The molecule has 26 heavy (non-hydrogen) atoms. The van der Waals surface area contributed by atoms with Crippen LogP contribution in [0, 0.1) is 0 Å². The van der Waals surface area contributed by atoms with Gasteiger partial charge in [-0.3, -0.25) is 10.1 Å². The van der Waals surface area contributed by atoms with Gasteiger partial charge in [-0.15, -0.1) is 0 Å². The van der Waals surface area contributed by atoms with Gasteiger partial charge in [0.25, 0.3) is 0 Å². The zero-order valence-electron chi connectivity index (χ0n) is 14.4. The van der Waals surface area contributed by atoms with Crippen LogP contribution in [0.25, 0.3) is 0 Å². The second-order valence-electron chi connectivity index (χ2n) is 6.24. The normalized spacial score (nSPS) is 15.3. The van der Waals surface area contributed by atoms with Crippen LogP contribution in [0.3, 0.4) is 0 Å². The Hall–Kier alpha value is -2.47. The Morgan fingerprint density at radius 2 is 1.69 bits per heavy atom. The minimum absolute atomic E-state index is 0.0148. The van der Waals surface area contributed by atoms with Crippen molar-refractivity contribution >= 4 is 5.91 Å². The highest BCUT2D eigenvalue weighted by Crippen LogP contribution is 2.23. The first-order chi connectivity index (χ1) is 12.6. The first-order valence-electron chi connectivity index (χ1n) is 8.75. The second-order valence-corrected chi connectivity index (χ2v) is 6.24. The molecule has 1 amide bonds. The lowest BCUT2D eigenvalue weighted by Crippen LogP contribution is -2.39. The van der Waals surface area contributed by atoms with Gasteiger partial charge in [0.2, 0.25) is 5.91 Å². The molecule has 0 radical (unpaired) electrons. The Morgan fingerprint density at radius 1 is 1.04 bits per heavy atom. The quantitative estimate of drug-likeness (QED) is 0.818. The molecule has 1 aliphatic rings. The molecule has 1 fully saturated rings. The van der Waals surface area contributed by atoms with Gasteiger partial charge >= 0.3 is 6.61 Å². The number of alkyl halides is 2. The van der Waals surface area contributed by atoms with Crippen LogP contribution in [0.5, 0.6) is 5.75 Å². The van der Waals surface area contributed by atoms with Gasteiger partial charge in [0.15, 0.2) is 0 Å². The summed E-state index contributed by atoms with van der Waals surface area (Å²) in [5.41, 5.74) is 1.44. The molecule has 2 aromatic carbocycles. The monoisotopic (exact) mass is 360 g/mol. The van der Waals surface area contributed by atoms with E-state index >= 15 is 0 Å². The minimum atomic E-state index is -2.88. The number of hydrogen-bond acceptors (Lipinski definition) is 3. The molecule has 0 spiro atoms. The van der Waals surface area contributed by atoms with Crippen molar-refractivity contribution in [2.75, 3.05) is 13.1 Å². The molecule has 0 aromatic heterocycles. The third kappa shape index (κ3) is 4.58. The predicted octanol–water partition coefficient (Wildman–Crippen LogP) is 3.74. The van der Waals surface area contributed by atoms with Crippen LogP contribution in [-0.4, -0.2) is 30.5 Å². The number of ether oxygens (including phenoxy) is 1. The highest BCUT2D eigenvalue weighted by Gasteiger charge is 2.27. The van der Waals surface area contributed by atoms with Crippen molar-refractivity contribution < 1.29 is 18.3 Å². The Kier molecular flexibility index (Phi) is 6.17. The van der Waals surface area contributed by atoms with E-state index in [4.69, 9.17) is 0 Å². The molecule has 1 heterocycles. The number of benzene rings is 2. The third-order valence-electron chi connectivity index (χ3n) is 4.48. The van der Waals surface area contributed by atoms with Crippen molar-refractivity contribution in [2.45, 2.75) is 32.0 Å². The minimum Gasteiger partial charge on any atom is -0.434 e. The Bertz CT molecular complexity index is 719. The van der Waals surface area contributed by atoms with E-state index in [1.807, 2.05) is 35.2 Å². The van der Waals surface area contributed by atoms with Crippen LogP contribution >= 0.6 is 0 Å². The summed E-state index contributed by atoms with van der Waals surface area (Å²) in [6.07, 6.45) is 2.02. The van der Waals surface area contributed by atoms with Gasteiger partial charge < -0.3 is 9.64 Å². The molecule has 6 heteroatoms. The highest BCUT2D eigenvalue weighted by atomic mass is 19.3. The molecule has 3 rings (SSSR count). The average molecular weight is 360 g/mol. The highest BCUT2D eigenvalue weighted by molar-refractivity contribution is 5.83. The molecule has 1 N–H and O–H groups in total. The predicted molar refractivity (Wildman–Crippen MR) is 94.9 cm³/mol. The van der Waals surface area contributed by atoms with Crippen molar-refractivity contribution in [1.29, 1.82) is 0 Å². The third-order valence-corrected chi connectivity index (χ3v) is 4.48. The van der Waals surface area contributed by atoms with Gasteiger partial charge in [0, 0.05) is 25.2 Å². The summed E-state index contributed by atoms with van der Waals surface area (Å²) in [5.74, 6) is 0.136. The van der Waals surface area contributed by atoms with Gasteiger partial charge in [-0.05, 0) is 24.5 Å². The van der Waals surface area contributed by atoms with Crippen molar-refractivity contribution in [3.8, 4) is 5.75 Å². The lowest BCUT2D eigenvalue weighted by Gasteiger charge is -2.25. The molecule has 1 atom stereocenters. The molecule has 2 aromatic rings. The summed E-state index contributed by atoms with van der Waals surface area (Å²) in [4.78, 5) is 14.8. The number of nitrogens with zero attached hydrogens (tertiary/aromatic N) is 1. The van der Waals surface area contributed by atoms with Crippen LogP contribution in [0.2, 0.25) is 0 Å². The SMILES string of the molecule is O=C(C(NCc1ccccc1OC(F)F)c1ccccc1)N1CCCC1. The van der Waals surface area contributed by atoms with Crippen LogP contribution in [0.4, 0.5) is 8.78 Å². The first kappa shape index (κ1) is 18.3. The standard InChI is InChI=1S/C20H22F2N2O2/c21-20(22)26-17-11-5-4-10-16(17)14-23-18(15-8-2-1-3-9-15)19(25)24-12-6-7-13-24/h1-5,8-11,18,20,23H,6-7,12-14H2. The molecule has 1 aliphatic heterocycles. The molecule has 1 unspecified atom stereocenters. The van der Waals surface area contributed by atoms with E-state index in [0.29, 0.717) is 5.56 Å². The van der Waals surface area contributed by atoms with E-state index in [0.717, 1.165) is 31.5 Å². The number of amides is 1. The van der Waals surface area contributed by atoms with Crippen LogP contribution in [0.15, 0.2) is 54.6 Å². The zero-order chi connectivity index (χ0) is 18.4. The molecule has 0 bridgehead atoms. The lowest BCUT2D eigenvalue weighted by atomic mass is 10.0. The molecule has 0 aliphatic carbocycles. The van der Waals surface area contributed by atoms with E-state index in [1.165, 1.54) is 6.07 Å². The summed E-state index contributed by atoms with van der Waals surface area (Å²) in [7, 11) is 0. The van der Waals surface area contributed by atoms with Crippen molar-refractivity contribution in [1.82, 2.24) is 10.2 Å². The number of para-hydroxylation sites is 1. The molecule has 1 saturated heterocycles. The Morgan fingerprint density at radius 3 is 2.38 bits per heavy atom. The van der Waals surface area contributed by atoms with Gasteiger partial charge in [0.1, 0.15) is 11.8 Å². The number of hydrogen-bond donors (Lipinski definition) is 1. The topological polar surface area (TPSA) is 41.6 Å².